The van der Waals surface area contributed by atoms with Crippen LogP contribution in [0, 0.1) is 6.92 Å². The van der Waals surface area contributed by atoms with Gasteiger partial charge in [-0.3, -0.25) is 4.79 Å². The van der Waals surface area contributed by atoms with Crippen LogP contribution in [-0.2, 0) is 0 Å². The quantitative estimate of drug-likeness (QED) is 0.893. The average molecular weight is 333 g/mol. The van der Waals surface area contributed by atoms with Crippen molar-refractivity contribution < 1.29 is 4.79 Å². The fraction of sp³-hybridized carbons (Fsp3) is 0.333. The summed E-state index contributed by atoms with van der Waals surface area (Å²) in [6.45, 7) is 4.28. The van der Waals surface area contributed by atoms with Gasteiger partial charge in [-0.15, -0.1) is 0 Å². The van der Waals surface area contributed by atoms with Crippen LogP contribution in [0.3, 0.4) is 0 Å². The lowest BCUT2D eigenvalue weighted by molar-refractivity contribution is 0.0740. The number of nitrogens with two attached hydrogens (primary N) is 1. The monoisotopic (exact) mass is 332 g/mol. The summed E-state index contributed by atoms with van der Waals surface area (Å²) < 4.78 is 0. The summed E-state index contributed by atoms with van der Waals surface area (Å²) in [4.78, 5) is 28.7. The topological polar surface area (TPSA) is 88.2 Å². The van der Waals surface area contributed by atoms with Crippen molar-refractivity contribution in [2.24, 2.45) is 0 Å². The Morgan fingerprint density at radius 2 is 2.00 bits per heavy atom. The van der Waals surface area contributed by atoms with E-state index in [-0.39, 0.29) is 11.9 Å². The molecule has 1 aliphatic rings. The number of carbonyl (C=O) groups is 1. The molecular weight excluding hydrogens is 316 g/mol. The van der Waals surface area contributed by atoms with Crippen LogP contribution >= 0.6 is 11.6 Å². The molecule has 2 aromatic rings. The molecule has 8 heteroatoms. The van der Waals surface area contributed by atoms with E-state index in [0.29, 0.717) is 42.6 Å². The Bertz CT molecular complexity index is 709. The zero-order valence-corrected chi connectivity index (χ0v) is 13.5. The van der Waals surface area contributed by atoms with E-state index in [9.17, 15) is 4.79 Å². The third kappa shape index (κ3) is 3.34. The van der Waals surface area contributed by atoms with Gasteiger partial charge in [-0.05, 0) is 25.1 Å². The minimum atomic E-state index is -0.131. The van der Waals surface area contributed by atoms with Crippen molar-refractivity contribution in [3.63, 3.8) is 0 Å². The van der Waals surface area contributed by atoms with Crippen LogP contribution < -0.4 is 10.6 Å². The largest absolute Gasteiger partial charge is 0.368 e. The molecule has 1 amide bonds. The second-order valence-electron chi connectivity index (χ2n) is 5.34. The Morgan fingerprint density at radius 3 is 2.65 bits per heavy atom. The number of amides is 1. The van der Waals surface area contributed by atoms with Crippen LogP contribution in [0.1, 0.15) is 16.2 Å². The van der Waals surface area contributed by atoms with Crippen LogP contribution in [-0.4, -0.2) is 51.9 Å². The van der Waals surface area contributed by atoms with Gasteiger partial charge in [-0.1, -0.05) is 11.6 Å². The van der Waals surface area contributed by atoms with Crippen molar-refractivity contribution >= 4 is 29.3 Å². The third-order valence-corrected chi connectivity index (χ3v) is 3.99. The number of hydrogen-bond acceptors (Lipinski definition) is 6. The molecule has 2 N–H and O–H groups in total. The smallest absolute Gasteiger partial charge is 0.272 e. The molecule has 0 spiro atoms. The predicted octanol–water partition coefficient (Wildman–Crippen LogP) is 1.38. The molecule has 3 rings (SSSR count). The van der Waals surface area contributed by atoms with E-state index in [1.54, 1.807) is 30.2 Å². The molecule has 0 aromatic carbocycles. The Kier molecular flexibility index (Phi) is 4.29. The van der Waals surface area contributed by atoms with E-state index in [1.807, 2.05) is 6.07 Å². The van der Waals surface area contributed by atoms with Gasteiger partial charge in [0.05, 0.1) is 5.02 Å². The van der Waals surface area contributed by atoms with Gasteiger partial charge >= 0.3 is 0 Å². The molecule has 0 saturated carbocycles. The minimum Gasteiger partial charge on any atom is -0.368 e. The maximum absolute atomic E-state index is 12.5. The first kappa shape index (κ1) is 15.5. The highest BCUT2D eigenvalue weighted by Gasteiger charge is 2.25. The second-order valence-corrected chi connectivity index (χ2v) is 5.75. The van der Waals surface area contributed by atoms with E-state index in [0.717, 1.165) is 5.82 Å². The Balaban J connectivity index is 1.69. The number of anilines is 2. The fourth-order valence-electron chi connectivity index (χ4n) is 2.59. The highest BCUT2D eigenvalue weighted by atomic mass is 35.5. The maximum atomic E-state index is 12.5. The predicted molar refractivity (Wildman–Crippen MR) is 88.5 cm³/mol. The van der Waals surface area contributed by atoms with E-state index in [2.05, 4.69) is 19.9 Å². The van der Waals surface area contributed by atoms with Crippen molar-refractivity contribution in [3.8, 4) is 0 Å². The normalized spacial score (nSPS) is 14.9. The number of rotatable bonds is 2. The van der Waals surface area contributed by atoms with E-state index < -0.39 is 0 Å². The number of nitrogen functional groups attached to an aromatic ring is 1. The average Bonchev–Trinajstić information content (AvgIpc) is 2.54. The van der Waals surface area contributed by atoms with E-state index >= 15 is 0 Å². The van der Waals surface area contributed by atoms with Gasteiger partial charge in [0.2, 0.25) is 5.95 Å². The van der Waals surface area contributed by atoms with Gasteiger partial charge in [0.25, 0.3) is 5.91 Å². The van der Waals surface area contributed by atoms with Crippen molar-refractivity contribution in [1.82, 2.24) is 19.9 Å². The Morgan fingerprint density at radius 1 is 1.26 bits per heavy atom. The first-order chi connectivity index (χ1) is 11.0. The molecular formula is C15H17ClN6O. The van der Waals surface area contributed by atoms with Gasteiger partial charge < -0.3 is 15.5 Å². The zero-order chi connectivity index (χ0) is 16.4. The number of aryl methyl sites for hydroxylation is 1. The van der Waals surface area contributed by atoms with Crippen LogP contribution in [0.25, 0.3) is 0 Å². The molecule has 0 unspecified atom stereocenters. The highest BCUT2D eigenvalue weighted by molar-refractivity contribution is 6.32. The third-order valence-electron chi connectivity index (χ3n) is 3.70. The van der Waals surface area contributed by atoms with Crippen molar-refractivity contribution in [2.45, 2.75) is 6.92 Å². The number of pyridine rings is 1. The maximum Gasteiger partial charge on any atom is 0.272 e. The van der Waals surface area contributed by atoms with Gasteiger partial charge in [0.1, 0.15) is 11.5 Å². The summed E-state index contributed by atoms with van der Waals surface area (Å²) >= 11 is 6.17. The Labute approximate surface area is 139 Å². The van der Waals surface area contributed by atoms with Crippen molar-refractivity contribution in [3.05, 3.63) is 40.8 Å². The fourth-order valence-corrected chi connectivity index (χ4v) is 2.84. The van der Waals surface area contributed by atoms with Crippen molar-refractivity contribution in [2.75, 3.05) is 36.8 Å². The standard InChI is InChI=1S/C15H17ClN6O/c1-10-9-12(20-15(17)19-10)14(23)22-7-5-21(6-8-22)13-11(16)3-2-4-18-13/h2-4,9H,5-8H2,1H3,(H2,17,19,20). The number of nitrogens with zero attached hydrogens (tertiary/aromatic N) is 5. The van der Waals surface area contributed by atoms with Crippen LogP contribution in [0.2, 0.25) is 5.02 Å². The summed E-state index contributed by atoms with van der Waals surface area (Å²) in [6.07, 6.45) is 1.71. The number of halogens is 1. The molecule has 120 valence electrons. The molecule has 1 saturated heterocycles. The number of hydrogen-bond donors (Lipinski definition) is 1. The first-order valence-electron chi connectivity index (χ1n) is 7.30. The van der Waals surface area contributed by atoms with Crippen molar-refractivity contribution in [1.29, 1.82) is 0 Å². The van der Waals surface area contributed by atoms with Gasteiger partial charge in [-0.25, -0.2) is 15.0 Å². The highest BCUT2D eigenvalue weighted by Crippen LogP contribution is 2.23. The summed E-state index contributed by atoms with van der Waals surface area (Å²) in [5.41, 5.74) is 6.63. The lowest BCUT2D eigenvalue weighted by atomic mass is 10.2. The summed E-state index contributed by atoms with van der Waals surface area (Å²) in [5.74, 6) is 0.740. The van der Waals surface area contributed by atoms with Gasteiger partial charge in [-0.2, -0.15) is 0 Å². The van der Waals surface area contributed by atoms with Crippen LogP contribution in [0.5, 0.6) is 0 Å². The summed E-state index contributed by atoms with van der Waals surface area (Å²) in [6, 6.07) is 5.27. The molecule has 0 bridgehead atoms. The molecule has 0 atom stereocenters. The van der Waals surface area contributed by atoms with E-state index in [4.69, 9.17) is 17.3 Å². The number of carbonyl (C=O) groups excluding carboxylic acids is 1. The van der Waals surface area contributed by atoms with Crippen LogP contribution in [0.4, 0.5) is 11.8 Å². The number of piperazine rings is 1. The molecule has 1 fully saturated rings. The molecule has 1 aliphatic heterocycles. The number of aromatic nitrogens is 3. The van der Waals surface area contributed by atoms with Gasteiger partial charge in [0, 0.05) is 38.1 Å². The summed E-state index contributed by atoms with van der Waals surface area (Å²) in [5, 5.41) is 0.617. The first-order valence-corrected chi connectivity index (χ1v) is 7.68. The molecule has 23 heavy (non-hydrogen) atoms. The molecule has 2 aromatic heterocycles. The Hall–Kier alpha value is -2.41. The molecule has 7 nitrogen and oxygen atoms in total. The zero-order valence-electron chi connectivity index (χ0n) is 12.7. The van der Waals surface area contributed by atoms with Gasteiger partial charge in [0.15, 0.2) is 0 Å². The molecule has 0 aliphatic carbocycles. The lowest BCUT2D eigenvalue weighted by Gasteiger charge is -2.35. The second kappa shape index (κ2) is 6.37. The summed E-state index contributed by atoms with van der Waals surface area (Å²) in [7, 11) is 0. The van der Waals surface area contributed by atoms with Crippen LogP contribution in [0.15, 0.2) is 24.4 Å². The molecule has 3 heterocycles. The van der Waals surface area contributed by atoms with E-state index in [1.165, 1.54) is 0 Å². The lowest BCUT2D eigenvalue weighted by Crippen LogP contribution is -2.49. The minimum absolute atomic E-state index is 0.118. The SMILES string of the molecule is Cc1cc(C(=O)N2CCN(c3ncccc3Cl)CC2)nc(N)n1. The molecule has 0 radical (unpaired) electrons.